The Morgan fingerprint density at radius 1 is 1.17 bits per heavy atom. The molecule has 0 spiro atoms. The highest BCUT2D eigenvalue weighted by molar-refractivity contribution is 5.89. The Kier molecular flexibility index (Phi) is 5.22. The summed E-state index contributed by atoms with van der Waals surface area (Å²) in [6.07, 6.45) is 4.85. The van der Waals surface area contributed by atoms with Gasteiger partial charge in [-0.25, -0.2) is 0 Å². The second-order valence-corrected chi connectivity index (χ2v) is 7.50. The first-order valence-corrected chi connectivity index (χ1v) is 9.19. The fraction of sp³-hybridized carbons (Fsp3) is 0.600. The van der Waals surface area contributed by atoms with Gasteiger partial charge in [-0.15, -0.1) is 0 Å². The van der Waals surface area contributed by atoms with Gasteiger partial charge in [-0.2, -0.15) is 0 Å². The Morgan fingerprint density at radius 2 is 1.83 bits per heavy atom. The summed E-state index contributed by atoms with van der Waals surface area (Å²) in [6.45, 7) is 4.84. The Morgan fingerprint density at radius 3 is 2.50 bits per heavy atom. The van der Waals surface area contributed by atoms with Crippen molar-refractivity contribution in [1.82, 2.24) is 10.2 Å². The average molecular weight is 328 g/mol. The summed E-state index contributed by atoms with van der Waals surface area (Å²) in [5, 5.41) is 3.18. The van der Waals surface area contributed by atoms with Crippen molar-refractivity contribution < 1.29 is 9.59 Å². The number of carbonyl (C=O) groups is 2. The van der Waals surface area contributed by atoms with Crippen molar-refractivity contribution in [2.24, 2.45) is 11.8 Å². The summed E-state index contributed by atoms with van der Waals surface area (Å²) in [6, 6.07) is 10.3. The molecular formula is C20H28N2O2. The van der Waals surface area contributed by atoms with Gasteiger partial charge in [0.2, 0.25) is 11.8 Å². The topological polar surface area (TPSA) is 49.4 Å². The number of hydrogen-bond acceptors (Lipinski definition) is 2. The zero-order valence-electron chi connectivity index (χ0n) is 14.7. The summed E-state index contributed by atoms with van der Waals surface area (Å²) in [7, 11) is 0. The molecule has 24 heavy (non-hydrogen) atoms. The van der Waals surface area contributed by atoms with Crippen LogP contribution in [0.25, 0.3) is 0 Å². The lowest BCUT2D eigenvalue weighted by Crippen LogP contribution is -2.41. The van der Waals surface area contributed by atoms with Gasteiger partial charge in [0.1, 0.15) is 0 Å². The van der Waals surface area contributed by atoms with E-state index in [2.05, 4.69) is 12.2 Å². The minimum atomic E-state index is -0.206. The van der Waals surface area contributed by atoms with Gasteiger partial charge in [0.15, 0.2) is 0 Å². The number of nitrogens with zero attached hydrogens (tertiary/aromatic N) is 1. The van der Waals surface area contributed by atoms with Crippen LogP contribution < -0.4 is 5.32 Å². The summed E-state index contributed by atoms with van der Waals surface area (Å²) >= 11 is 0. The molecule has 1 aromatic rings. The molecule has 0 bridgehead atoms. The molecular weight excluding hydrogens is 300 g/mol. The summed E-state index contributed by atoms with van der Waals surface area (Å²) in [4.78, 5) is 26.8. The van der Waals surface area contributed by atoms with E-state index in [1.165, 1.54) is 12.8 Å². The SMILES string of the molecule is CC1CCC(NC(=O)[C@H]2CC(=O)N([C@H](C)c3ccccc3)C2)CC1. The van der Waals surface area contributed by atoms with Gasteiger partial charge in [0.25, 0.3) is 0 Å². The van der Waals surface area contributed by atoms with E-state index < -0.39 is 0 Å². The van der Waals surface area contributed by atoms with E-state index >= 15 is 0 Å². The summed E-state index contributed by atoms with van der Waals surface area (Å²) < 4.78 is 0. The van der Waals surface area contributed by atoms with Gasteiger partial charge in [0, 0.05) is 19.0 Å². The molecule has 3 rings (SSSR count). The number of amides is 2. The van der Waals surface area contributed by atoms with Crippen molar-refractivity contribution in [1.29, 1.82) is 0 Å². The second kappa shape index (κ2) is 7.37. The first-order valence-electron chi connectivity index (χ1n) is 9.19. The van der Waals surface area contributed by atoms with E-state index in [1.54, 1.807) is 0 Å². The number of rotatable bonds is 4. The normalized spacial score (nSPS) is 28.7. The third-order valence-corrected chi connectivity index (χ3v) is 5.64. The monoisotopic (exact) mass is 328 g/mol. The summed E-state index contributed by atoms with van der Waals surface area (Å²) in [5.41, 5.74) is 1.12. The van der Waals surface area contributed by atoms with Gasteiger partial charge < -0.3 is 10.2 Å². The molecule has 1 saturated carbocycles. The molecule has 1 aliphatic carbocycles. The lowest BCUT2D eigenvalue weighted by Gasteiger charge is -2.28. The quantitative estimate of drug-likeness (QED) is 0.922. The molecule has 2 fully saturated rings. The van der Waals surface area contributed by atoms with Gasteiger partial charge in [-0.1, -0.05) is 37.3 Å². The van der Waals surface area contributed by atoms with Gasteiger partial charge in [-0.05, 0) is 44.1 Å². The Hall–Kier alpha value is -1.84. The number of benzene rings is 1. The second-order valence-electron chi connectivity index (χ2n) is 7.50. The lowest BCUT2D eigenvalue weighted by molar-refractivity contribution is -0.130. The van der Waals surface area contributed by atoms with Crippen LogP contribution in [0.4, 0.5) is 0 Å². The molecule has 0 aromatic heterocycles. The third-order valence-electron chi connectivity index (χ3n) is 5.64. The molecule has 130 valence electrons. The molecule has 2 atom stereocenters. The van der Waals surface area contributed by atoms with Crippen LogP contribution >= 0.6 is 0 Å². The van der Waals surface area contributed by atoms with Crippen molar-refractivity contribution in [2.75, 3.05) is 6.54 Å². The maximum atomic E-state index is 12.6. The number of hydrogen-bond donors (Lipinski definition) is 1. The van der Waals surface area contributed by atoms with E-state index in [0.29, 0.717) is 19.0 Å². The van der Waals surface area contributed by atoms with Crippen molar-refractivity contribution >= 4 is 11.8 Å². The smallest absolute Gasteiger partial charge is 0.225 e. The molecule has 0 radical (unpaired) electrons. The predicted octanol–water partition coefficient (Wildman–Crippen LogP) is 3.29. The standard InChI is InChI=1S/C20H28N2O2/c1-14-8-10-18(11-9-14)21-20(24)17-12-19(23)22(13-17)15(2)16-6-4-3-5-7-16/h3-7,14-15,17-18H,8-13H2,1-2H3,(H,21,24)/t14?,15-,17+,18?/m1/s1. The molecule has 2 aliphatic rings. The molecule has 1 heterocycles. The number of nitrogens with one attached hydrogen (secondary N) is 1. The molecule has 4 heteroatoms. The minimum absolute atomic E-state index is 0.0204. The summed E-state index contributed by atoms with van der Waals surface area (Å²) in [5.74, 6) is 0.714. The fourth-order valence-electron chi connectivity index (χ4n) is 3.92. The minimum Gasteiger partial charge on any atom is -0.353 e. The fourth-order valence-corrected chi connectivity index (χ4v) is 3.92. The number of carbonyl (C=O) groups excluding carboxylic acids is 2. The third kappa shape index (κ3) is 3.80. The van der Waals surface area contributed by atoms with Gasteiger partial charge in [-0.3, -0.25) is 9.59 Å². The Labute approximate surface area is 144 Å². The highest BCUT2D eigenvalue weighted by atomic mass is 16.2. The number of likely N-dealkylation sites (tertiary alicyclic amines) is 1. The van der Waals surface area contributed by atoms with Crippen LogP contribution in [0.3, 0.4) is 0 Å². The highest BCUT2D eigenvalue weighted by Gasteiger charge is 2.37. The van der Waals surface area contributed by atoms with Crippen LogP contribution in [0.15, 0.2) is 30.3 Å². The van der Waals surface area contributed by atoms with Crippen molar-refractivity contribution in [3.05, 3.63) is 35.9 Å². The first kappa shape index (κ1) is 17.0. The predicted molar refractivity (Wildman–Crippen MR) is 94.2 cm³/mol. The van der Waals surface area contributed by atoms with Crippen LogP contribution in [-0.2, 0) is 9.59 Å². The van der Waals surface area contributed by atoms with E-state index in [9.17, 15) is 9.59 Å². The van der Waals surface area contributed by atoms with Crippen LogP contribution in [0.1, 0.15) is 57.6 Å². The maximum absolute atomic E-state index is 12.6. The van der Waals surface area contributed by atoms with Crippen molar-refractivity contribution in [2.45, 2.75) is 58.0 Å². The van der Waals surface area contributed by atoms with E-state index in [1.807, 2.05) is 42.2 Å². The average Bonchev–Trinajstić information content (AvgIpc) is 2.99. The van der Waals surface area contributed by atoms with Gasteiger partial charge in [0.05, 0.1) is 12.0 Å². The molecule has 1 saturated heterocycles. The largest absolute Gasteiger partial charge is 0.353 e. The highest BCUT2D eigenvalue weighted by Crippen LogP contribution is 2.29. The molecule has 1 aromatic carbocycles. The van der Waals surface area contributed by atoms with Crippen LogP contribution in [0.2, 0.25) is 0 Å². The lowest BCUT2D eigenvalue weighted by atomic mass is 9.87. The molecule has 0 unspecified atom stereocenters. The first-order chi connectivity index (χ1) is 11.5. The van der Waals surface area contributed by atoms with Crippen molar-refractivity contribution in [3.63, 3.8) is 0 Å². The zero-order valence-corrected chi connectivity index (χ0v) is 14.7. The van der Waals surface area contributed by atoms with Crippen LogP contribution in [0, 0.1) is 11.8 Å². The van der Waals surface area contributed by atoms with Crippen LogP contribution in [-0.4, -0.2) is 29.3 Å². The maximum Gasteiger partial charge on any atom is 0.225 e. The molecule has 2 amide bonds. The Bertz CT molecular complexity index is 579. The van der Waals surface area contributed by atoms with E-state index in [-0.39, 0.29) is 23.8 Å². The Balaban J connectivity index is 1.57. The molecule has 1 aliphatic heterocycles. The van der Waals surface area contributed by atoms with Crippen LogP contribution in [0.5, 0.6) is 0 Å². The molecule has 1 N–H and O–H groups in total. The van der Waals surface area contributed by atoms with E-state index in [4.69, 9.17) is 0 Å². The van der Waals surface area contributed by atoms with Gasteiger partial charge >= 0.3 is 0 Å². The molecule has 4 nitrogen and oxygen atoms in total. The van der Waals surface area contributed by atoms with E-state index in [0.717, 1.165) is 24.3 Å². The van der Waals surface area contributed by atoms with Crippen molar-refractivity contribution in [3.8, 4) is 0 Å². The zero-order chi connectivity index (χ0) is 17.1.